The normalized spacial score (nSPS) is 10.0. The summed E-state index contributed by atoms with van der Waals surface area (Å²) in [5.41, 5.74) is 1.18. The van der Waals surface area contributed by atoms with Gasteiger partial charge >= 0.3 is 5.97 Å². The Balaban J connectivity index is 2.53. The molecule has 0 unspecified atom stereocenters. The zero-order chi connectivity index (χ0) is 11.5. The highest BCUT2D eigenvalue weighted by Gasteiger charge is 2.08. The lowest BCUT2D eigenvalue weighted by molar-refractivity contribution is 0.0690. The van der Waals surface area contributed by atoms with Crippen LogP contribution in [0.2, 0.25) is 0 Å². The Kier molecular flexibility index (Phi) is 2.55. The number of aromatic carboxylic acids is 1. The molecule has 0 radical (unpaired) electrons. The number of nitrogens with zero attached hydrogens (tertiary/aromatic N) is 1. The topological polar surface area (TPSA) is 70.4 Å². The fraction of sp³-hybridized carbons (Fsp3) is 0. The van der Waals surface area contributed by atoms with Gasteiger partial charge < -0.3 is 10.2 Å². The predicted octanol–water partition coefficient (Wildman–Crippen LogP) is 2.15. The van der Waals surface area contributed by atoms with Gasteiger partial charge in [0.05, 0.1) is 0 Å². The number of pyridine rings is 1. The Morgan fingerprint density at radius 2 is 1.94 bits per heavy atom. The average Bonchev–Trinajstić information content (AvgIpc) is 2.30. The van der Waals surface area contributed by atoms with E-state index in [1.165, 1.54) is 12.3 Å². The number of carboxylic acids is 1. The van der Waals surface area contributed by atoms with Crippen LogP contribution in [0, 0.1) is 0 Å². The molecule has 4 nitrogen and oxygen atoms in total. The van der Waals surface area contributed by atoms with Crippen LogP contribution in [0.5, 0.6) is 5.75 Å². The monoisotopic (exact) mass is 215 g/mol. The van der Waals surface area contributed by atoms with Gasteiger partial charge in [0.1, 0.15) is 11.4 Å². The summed E-state index contributed by atoms with van der Waals surface area (Å²) in [7, 11) is 0. The summed E-state index contributed by atoms with van der Waals surface area (Å²) >= 11 is 0. The lowest BCUT2D eigenvalue weighted by Gasteiger charge is -2.04. The van der Waals surface area contributed by atoms with E-state index in [0.717, 1.165) is 0 Å². The molecule has 1 heterocycles. The minimum absolute atomic E-state index is 0.0410. The molecule has 0 aliphatic rings. The number of hydrogen-bond donors (Lipinski definition) is 2. The van der Waals surface area contributed by atoms with Gasteiger partial charge in [-0.15, -0.1) is 0 Å². The standard InChI is InChI=1S/C12H9NO3/c14-11-4-2-1-3-9(11)8-5-6-13-10(7-8)12(15)16/h1-7,14H,(H,15,16). The molecule has 0 amide bonds. The van der Waals surface area contributed by atoms with Crippen LogP contribution >= 0.6 is 0 Å². The fourth-order valence-corrected chi connectivity index (χ4v) is 1.43. The van der Waals surface area contributed by atoms with E-state index >= 15 is 0 Å². The molecule has 80 valence electrons. The van der Waals surface area contributed by atoms with Crippen molar-refractivity contribution in [2.45, 2.75) is 0 Å². The van der Waals surface area contributed by atoms with E-state index in [4.69, 9.17) is 5.11 Å². The van der Waals surface area contributed by atoms with Gasteiger partial charge in [0.25, 0.3) is 0 Å². The Labute approximate surface area is 91.8 Å². The summed E-state index contributed by atoms with van der Waals surface area (Å²) in [6, 6.07) is 9.83. The lowest BCUT2D eigenvalue weighted by Crippen LogP contribution is -1.99. The number of para-hydroxylation sites is 1. The highest BCUT2D eigenvalue weighted by atomic mass is 16.4. The van der Waals surface area contributed by atoms with Crippen LogP contribution in [0.4, 0.5) is 0 Å². The second-order valence-electron chi connectivity index (χ2n) is 3.25. The number of aromatic hydroxyl groups is 1. The van der Waals surface area contributed by atoms with E-state index in [1.807, 2.05) is 0 Å². The number of phenols is 1. The Morgan fingerprint density at radius 1 is 1.19 bits per heavy atom. The van der Waals surface area contributed by atoms with Gasteiger partial charge in [-0.25, -0.2) is 9.78 Å². The van der Waals surface area contributed by atoms with Gasteiger partial charge in [-0.1, -0.05) is 18.2 Å². The maximum absolute atomic E-state index is 10.7. The van der Waals surface area contributed by atoms with Crippen molar-refractivity contribution in [3.8, 4) is 16.9 Å². The first kappa shape index (κ1) is 10.2. The number of aromatic nitrogens is 1. The summed E-state index contributed by atoms with van der Waals surface area (Å²) in [6.07, 6.45) is 1.41. The molecular formula is C12H9NO3. The van der Waals surface area contributed by atoms with Crippen LogP contribution < -0.4 is 0 Å². The largest absolute Gasteiger partial charge is 0.507 e. The van der Waals surface area contributed by atoms with Crippen molar-refractivity contribution >= 4 is 5.97 Å². The molecule has 2 N–H and O–H groups in total. The highest BCUT2D eigenvalue weighted by Crippen LogP contribution is 2.28. The van der Waals surface area contributed by atoms with Crippen LogP contribution in [0.25, 0.3) is 11.1 Å². The van der Waals surface area contributed by atoms with Gasteiger partial charge in [0.15, 0.2) is 0 Å². The smallest absolute Gasteiger partial charge is 0.354 e. The zero-order valence-corrected chi connectivity index (χ0v) is 8.29. The minimum Gasteiger partial charge on any atom is -0.507 e. The molecule has 2 rings (SSSR count). The first-order valence-electron chi connectivity index (χ1n) is 4.66. The summed E-state index contributed by atoms with van der Waals surface area (Å²) in [4.78, 5) is 14.5. The van der Waals surface area contributed by atoms with Gasteiger partial charge in [-0.3, -0.25) is 0 Å². The molecule has 0 aliphatic carbocycles. The van der Waals surface area contributed by atoms with E-state index in [2.05, 4.69) is 4.98 Å². The van der Waals surface area contributed by atoms with Crippen molar-refractivity contribution in [2.75, 3.05) is 0 Å². The van der Waals surface area contributed by atoms with Crippen molar-refractivity contribution in [3.63, 3.8) is 0 Å². The van der Waals surface area contributed by atoms with Crippen molar-refractivity contribution in [3.05, 3.63) is 48.3 Å². The SMILES string of the molecule is O=C(O)c1cc(-c2ccccc2O)ccn1. The Morgan fingerprint density at radius 3 is 2.62 bits per heavy atom. The van der Waals surface area contributed by atoms with E-state index < -0.39 is 5.97 Å². The molecule has 0 bridgehead atoms. The number of hydrogen-bond acceptors (Lipinski definition) is 3. The molecule has 0 spiro atoms. The second kappa shape index (κ2) is 4.02. The van der Waals surface area contributed by atoms with Crippen molar-refractivity contribution in [2.24, 2.45) is 0 Å². The first-order chi connectivity index (χ1) is 7.68. The molecule has 0 aliphatic heterocycles. The maximum atomic E-state index is 10.7. The molecular weight excluding hydrogens is 206 g/mol. The fourth-order valence-electron chi connectivity index (χ4n) is 1.43. The molecule has 2 aromatic rings. The average molecular weight is 215 g/mol. The van der Waals surface area contributed by atoms with E-state index in [9.17, 15) is 9.90 Å². The number of carboxylic acid groups (broad SMARTS) is 1. The summed E-state index contributed by atoms with van der Waals surface area (Å²) in [5, 5.41) is 18.4. The third-order valence-corrected chi connectivity index (χ3v) is 2.19. The molecule has 4 heteroatoms. The summed E-state index contributed by atoms with van der Waals surface area (Å²) in [6.45, 7) is 0. The van der Waals surface area contributed by atoms with Crippen molar-refractivity contribution in [1.82, 2.24) is 4.98 Å². The molecule has 1 aromatic carbocycles. The van der Waals surface area contributed by atoms with Gasteiger partial charge in [0, 0.05) is 11.8 Å². The molecule has 0 saturated heterocycles. The molecule has 16 heavy (non-hydrogen) atoms. The second-order valence-corrected chi connectivity index (χ2v) is 3.25. The summed E-state index contributed by atoms with van der Waals surface area (Å²) < 4.78 is 0. The quantitative estimate of drug-likeness (QED) is 0.805. The number of carbonyl (C=O) groups is 1. The third kappa shape index (κ3) is 1.86. The third-order valence-electron chi connectivity index (χ3n) is 2.19. The molecule has 0 saturated carbocycles. The molecule has 0 fully saturated rings. The van der Waals surface area contributed by atoms with Crippen molar-refractivity contribution < 1.29 is 15.0 Å². The maximum Gasteiger partial charge on any atom is 0.354 e. The van der Waals surface area contributed by atoms with Crippen LogP contribution in [-0.2, 0) is 0 Å². The molecule has 1 aromatic heterocycles. The van der Waals surface area contributed by atoms with Crippen molar-refractivity contribution in [1.29, 1.82) is 0 Å². The van der Waals surface area contributed by atoms with Gasteiger partial charge in [-0.2, -0.15) is 0 Å². The molecule has 0 atom stereocenters. The van der Waals surface area contributed by atoms with E-state index in [1.54, 1.807) is 30.3 Å². The number of phenolic OH excluding ortho intramolecular Hbond substituents is 1. The Hall–Kier alpha value is -2.36. The van der Waals surface area contributed by atoms with Crippen LogP contribution in [0.3, 0.4) is 0 Å². The van der Waals surface area contributed by atoms with Crippen LogP contribution in [0.1, 0.15) is 10.5 Å². The minimum atomic E-state index is -1.09. The zero-order valence-electron chi connectivity index (χ0n) is 8.29. The number of rotatable bonds is 2. The Bertz CT molecular complexity index is 537. The first-order valence-corrected chi connectivity index (χ1v) is 4.66. The summed E-state index contributed by atoms with van der Waals surface area (Å²) in [5.74, 6) is -0.970. The lowest BCUT2D eigenvalue weighted by atomic mass is 10.1. The van der Waals surface area contributed by atoms with E-state index in [-0.39, 0.29) is 11.4 Å². The number of benzene rings is 1. The van der Waals surface area contributed by atoms with Gasteiger partial charge in [0.2, 0.25) is 0 Å². The van der Waals surface area contributed by atoms with Crippen LogP contribution in [0.15, 0.2) is 42.6 Å². The van der Waals surface area contributed by atoms with Crippen LogP contribution in [-0.4, -0.2) is 21.2 Å². The highest BCUT2D eigenvalue weighted by molar-refractivity contribution is 5.87. The van der Waals surface area contributed by atoms with E-state index in [0.29, 0.717) is 11.1 Å². The predicted molar refractivity (Wildman–Crippen MR) is 58.3 cm³/mol. The van der Waals surface area contributed by atoms with Gasteiger partial charge in [-0.05, 0) is 23.8 Å².